The van der Waals surface area contributed by atoms with Crippen molar-refractivity contribution in [2.45, 2.75) is 0 Å². The van der Waals surface area contributed by atoms with Crippen molar-refractivity contribution in [3.8, 4) is 0 Å². The molecule has 0 aliphatic rings. The zero-order chi connectivity index (χ0) is 14.1. The first-order valence-electron chi connectivity index (χ1n) is 5.69. The number of benzene rings is 1. The fourth-order valence-electron chi connectivity index (χ4n) is 1.77. The highest BCUT2D eigenvalue weighted by Gasteiger charge is 2.09. The third-order valence-electron chi connectivity index (χ3n) is 2.76. The molecule has 0 saturated heterocycles. The van der Waals surface area contributed by atoms with Gasteiger partial charge in [-0.05, 0) is 34.1 Å². The topological polar surface area (TPSA) is 70.7 Å². The maximum atomic E-state index is 12.2. The number of nitrogens with zero attached hydrogens (tertiary/aromatic N) is 2. The Morgan fingerprint density at radius 3 is 2.95 bits per heavy atom. The van der Waals surface area contributed by atoms with Crippen LogP contribution < -0.4 is 5.32 Å². The van der Waals surface area contributed by atoms with Gasteiger partial charge in [0.15, 0.2) is 0 Å². The Balaban J connectivity index is 1.86. The van der Waals surface area contributed by atoms with Gasteiger partial charge in [-0.15, -0.1) is 0 Å². The van der Waals surface area contributed by atoms with E-state index < -0.39 is 0 Å². The van der Waals surface area contributed by atoms with Gasteiger partial charge in [-0.1, -0.05) is 17.7 Å². The minimum absolute atomic E-state index is 0.225. The number of carbonyl (C=O) groups is 1. The number of H-pyrrole nitrogens is 1. The van der Waals surface area contributed by atoms with Crippen molar-refractivity contribution in [2.24, 2.45) is 0 Å². The molecule has 1 aromatic carbocycles. The number of pyridine rings is 1. The summed E-state index contributed by atoms with van der Waals surface area (Å²) in [4.78, 5) is 16.1. The predicted molar refractivity (Wildman–Crippen MR) is 81.0 cm³/mol. The maximum Gasteiger partial charge on any atom is 0.255 e. The summed E-state index contributed by atoms with van der Waals surface area (Å²) in [7, 11) is 0. The summed E-state index contributed by atoms with van der Waals surface area (Å²) in [5.41, 5.74) is 1.91. The molecule has 0 saturated carbocycles. The summed E-state index contributed by atoms with van der Waals surface area (Å²) in [6, 6.07) is 7.02. The van der Waals surface area contributed by atoms with Crippen molar-refractivity contribution in [1.82, 2.24) is 15.2 Å². The molecule has 0 bridgehead atoms. The third-order valence-corrected chi connectivity index (χ3v) is 3.89. The largest absolute Gasteiger partial charge is 0.321 e. The monoisotopic (exact) mass is 350 g/mol. The lowest BCUT2D eigenvalue weighted by Crippen LogP contribution is -2.12. The molecular weight excluding hydrogens is 344 g/mol. The van der Waals surface area contributed by atoms with Gasteiger partial charge >= 0.3 is 0 Å². The van der Waals surface area contributed by atoms with E-state index in [9.17, 15) is 4.79 Å². The first-order valence-corrected chi connectivity index (χ1v) is 6.86. The van der Waals surface area contributed by atoms with Crippen LogP contribution in [0.1, 0.15) is 10.4 Å². The summed E-state index contributed by atoms with van der Waals surface area (Å²) in [5.74, 6) is -0.225. The highest BCUT2D eigenvalue weighted by atomic mass is 79.9. The van der Waals surface area contributed by atoms with Crippen LogP contribution in [0.2, 0.25) is 5.15 Å². The fraction of sp³-hybridized carbons (Fsp3) is 0. The van der Waals surface area contributed by atoms with E-state index in [4.69, 9.17) is 11.6 Å². The zero-order valence-corrected chi connectivity index (χ0v) is 12.4. The van der Waals surface area contributed by atoms with Gasteiger partial charge in [0.05, 0.1) is 28.1 Å². The van der Waals surface area contributed by atoms with Crippen LogP contribution in [0.15, 0.2) is 41.1 Å². The molecule has 0 unspecified atom stereocenters. The highest BCUT2D eigenvalue weighted by Crippen LogP contribution is 2.23. The van der Waals surface area contributed by atoms with Crippen LogP contribution in [0.4, 0.5) is 5.69 Å². The second kappa shape index (κ2) is 5.22. The van der Waals surface area contributed by atoms with Gasteiger partial charge in [0, 0.05) is 10.9 Å². The second-order valence-electron chi connectivity index (χ2n) is 4.12. The van der Waals surface area contributed by atoms with Crippen LogP contribution >= 0.6 is 27.5 Å². The normalized spacial score (nSPS) is 10.7. The van der Waals surface area contributed by atoms with E-state index in [-0.39, 0.29) is 5.91 Å². The van der Waals surface area contributed by atoms with Crippen molar-refractivity contribution >= 4 is 50.0 Å². The lowest BCUT2D eigenvalue weighted by atomic mass is 10.1. The first kappa shape index (κ1) is 13.1. The Hall–Kier alpha value is -1.92. The average molecular weight is 352 g/mol. The number of hydrogen-bond donors (Lipinski definition) is 2. The van der Waals surface area contributed by atoms with E-state index >= 15 is 0 Å². The summed E-state index contributed by atoms with van der Waals surface area (Å²) >= 11 is 9.07. The van der Waals surface area contributed by atoms with E-state index in [0.717, 1.165) is 10.9 Å². The number of aromatic nitrogens is 3. The molecule has 0 fully saturated rings. The molecule has 0 atom stereocenters. The summed E-state index contributed by atoms with van der Waals surface area (Å²) in [6.45, 7) is 0. The number of anilines is 1. The quantitative estimate of drug-likeness (QED) is 0.693. The second-order valence-corrected chi connectivity index (χ2v) is 5.34. The molecule has 100 valence electrons. The maximum absolute atomic E-state index is 12.2. The van der Waals surface area contributed by atoms with Gasteiger partial charge in [0.2, 0.25) is 0 Å². The summed E-state index contributed by atoms with van der Waals surface area (Å²) < 4.78 is 0.626. The Morgan fingerprint density at radius 1 is 1.30 bits per heavy atom. The van der Waals surface area contributed by atoms with E-state index in [0.29, 0.717) is 20.9 Å². The van der Waals surface area contributed by atoms with Crippen molar-refractivity contribution in [2.75, 3.05) is 5.32 Å². The molecule has 5 nitrogen and oxygen atoms in total. The van der Waals surface area contributed by atoms with Gasteiger partial charge in [-0.2, -0.15) is 5.10 Å². The Labute approximate surface area is 127 Å². The molecule has 2 N–H and O–H groups in total. The number of fused-ring (bicyclic) bond motifs is 1. The number of rotatable bonds is 2. The Morgan fingerprint density at radius 2 is 2.15 bits per heavy atom. The number of nitrogens with one attached hydrogen (secondary N) is 2. The van der Waals surface area contributed by atoms with Crippen LogP contribution in [-0.2, 0) is 0 Å². The van der Waals surface area contributed by atoms with E-state index in [1.54, 1.807) is 24.4 Å². The number of halogens is 2. The van der Waals surface area contributed by atoms with Gasteiger partial charge in [-0.3, -0.25) is 9.89 Å². The van der Waals surface area contributed by atoms with E-state index in [1.165, 1.54) is 6.20 Å². The molecule has 2 heterocycles. The minimum atomic E-state index is -0.225. The zero-order valence-electron chi connectivity index (χ0n) is 10.0. The van der Waals surface area contributed by atoms with Gasteiger partial charge < -0.3 is 5.32 Å². The molecule has 20 heavy (non-hydrogen) atoms. The molecule has 1 amide bonds. The van der Waals surface area contributed by atoms with Gasteiger partial charge in [0.25, 0.3) is 5.91 Å². The number of amides is 1. The molecule has 0 aliphatic heterocycles. The summed E-state index contributed by atoms with van der Waals surface area (Å²) in [5, 5.41) is 10.8. The number of hydrogen-bond acceptors (Lipinski definition) is 3. The standard InChI is InChI=1S/C13H8BrClN4O/c14-10-4-9(6-16-12(10)15)18-13(20)7-1-2-8-5-17-19-11(8)3-7/h1-6H,(H,17,19)(H,18,20). The highest BCUT2D eigenvalue weighted by molar-refractivity contribution is 9.10. The average Bonchev–Trinajstić information content (AvgIpc) is 2.90. The molecule has 3 rings (SSSR count). The Kier molecular flexibility index (Phi) is 3.42. The van der Waals surface area contributed by atoms with Crippen LogP contribution in [0.3, 0.4) is 0 Å². The van der Waals surface area contributed by atoms with Crippen molar-refractivity contribution in [3.05, 3.63) is 51.8 Å². The van der Waals surface area contributed by atoms with Crippen molar-refractivity contribution in [1.29, 1.82) is 0 Å². The first-order chi connectivity index (χ1) is 9.63. The SMILES string of the molecule is O=C(Nc1cnc(Cl)c(Br)c1)c1ccc2cn[nH]c2c1. The van der Waals surface area contributed by atoms with Crippen molar-refractivity contribution in [3.63, 3.8) is 0 Å². The molecule has 0 radical (unpaired) electrons. The van der Waals surface area contributed by atoms with E-state index in [1.807, 2.05) is 6.07 Å². The minimum Gasteiger partial charge on any atom is -0.321 e. The number of carbonyl (C=O) groups excluding carboxylic acids is 1. The molecular formula is C13H8BrClN4O. The van der Waals surface area contributed by atoms with E-state index in [2.05, 4.69) is 36.4 Å². The van der Waals surface area contributed by atoms with Crippen LogP contribution in [0.25, 0.3) is 10.9 Å². The predicted octanol–water partition coefficient (Wildman–Crippen LogP) is 3.63. The molecule has 0 aliphatic carbocycles. The lowest BCUT2D eigenvalue weighted by Gasteiger charge is -2.06. The molecule has 3 aromatic rings. The van der Waals surface area contributed by atoms with Gasteiger partial charge in [0.1, 0.15) is 5.15 Å². The molecule has 7 heteroatoms. The third kappa shape index (κ3) is 2.52. The van der Waals surface area contributed by atoms with Crippen LogP contribution in [0.5, 0.6) is 0 Å². The molecule has 0 spiro atoms. The lowest BCUT2D eigenvalue weighted by molar-refractivity contribution is 0.102. The van der Waals surface area contributed by atoms with Crippen LogP contribution in [-0.4, -0.2) is 21.1 Å². The summed E-state index contributed by atoms with van der Waals surface area (Å²) in [6.07, 6.45) is 3.21. The van der Waals surface area contributed by atoms with Gasteiger partial charge in [-0.25, -0.2) is 4.98 Å². The molecule has 2 aromatic heterocycles. The smallest absolute Gasteiger partial charge is 0.255 e. The Bertz CT molecular complexity index is 802. The van der Waals surface area contributed by atoms with Crippen LogP contribution in [0, 0.1) is 0 Å². The van der Waals surface area contributed by atoms with Crippen molar-refractivity contribution < 1.29 is 4.79 Å². The fourth-order valence-corrected chi connectivity index (χ4v) is 2.22. The number of aromatic amines is 1.